The first kappa shape index (κ1) is 19.6. The molecule has 0 aromatic heterocycles. The minimum absolute atomic E-state index is 0.211. The number of carboxylic acid groups (broad SMARTS) is 1. The van der Waals surface area contributed by atoms with Gasteiger partial charge in [0.1, 0.15) is 6.04 Å². The molecule has 2 atom stereocenters. The summed E-state index contributed by atoms with van der Waals surface area (Å²) in [7, 11) is 0. The van der Waals surface area contributed by atoms with Gasteiger partial charge in [0.15, 0.2) is 0 Å². The lowest BCUT2D eigenvalue weighted by atomic mass is 10.0. The van der Waals surface area contributed by atoms with Crippen LogP contribution in [0.5, 0.6) is 0 Å². The number of carboxylic acids is 1. The van der Waals surface area contributed by atoms with Crippen LogP contribution < -0.4 is 10.6 Å². The van der Waals surface area contributed by atoms with Crippen molar-refractivity contribution in [1.29, 1.82) is 0 Å². The highest BCUT2D eigenvalue weighted by atomic mass is 16.4. The summed E-state index contributed by atoms with van der Waals surface area (Å²) in [5, 5.41) is 14.1. The number of carbonyl (C=O) groups excluding carboxylic acids is 2. The largest absolute Gasteiger partial charge is 0.481 e. The molecule has 3 N–H and O–H groups in total. The number of aliphatic carboxylic acids is 1. The van der Waals surface area contributed by atoms with E-state index in [9.17, 15) is 14.4 Å². The fourth-order valence-corrected chi connectivity index (χ4v) is 1.93. The van der Waals surface area contributed by atoms with Crippen LogP contribution in [-0.2, 0) is 14.4 Å². The van der Waals surface area contributed by atoms with E-state index in [-0.39, 0.29) is 18.7 Å². The van der Waals surface area contributed by atoms with Crippen molar-refractivity contribution >= 4 is 17.8 Å². The Hall–Kier alpha value is -2.37. The molecule has 0 spiro atoms. The first-order valence-corrected chi connectivity index (χ1v) is 7.01. The quantitative estimate of drug-likeness (QED) is 0.421. The van der Waals surface area contributed by atoms with Crippen molar-refractivity contribution in [2.24, 2.45) is 0 Å². The fraction of sp³-hybridized carbons (Fsp3) is 0.438. The normalized spacial score (nSPS) is 13.6. The SMILES string of the molecule is C=CCC(NC(C)=O)C(=O)N[C@H](CC(=O)O)C/C(C=C)=C/C. The molecule has 6 heteroatoms. The average Bonchev–Trinajstić information content (AvgIpc) is 2.42. The van der Waals surface area contributed by atoms with Crippen molar-refractivity contribution in [2.45, 2.75) is 45.2 Å². The molecule has 0 aliphatic rings. The zero-order valence-electron chi connectivity index (χ0n) is 13.1. The Morgan fingerprint density at radius 2 is 1.82 bits per heavy atom. The Morgan fingerprint density at radius 3 is 2.23 bits per heavy atom. The third-order valence-electron chi connectivity index (χ3n) is 2.98. The number of rotatable bonds is 10. The Labute approximate surface area is 131 Å². The monoisotopic (exact) mass is 308 g/mol. The van der Waals surface area contributed by atoms with Gasteiger partial charge in [-0.25, -0.2) is 0 Å². The van der Waals surface area contributed by atoms with Gasteiger partial charge in [0.2, 0.25) is 11.8 Å². The Bertz CT molecular complexity index is 469. The maximum atomic E-state index is 12.2. The lowest BCUT2D eigenvalue weighted by Gasteiger charge is -2.22. The zero-order chi connectivity index (χ0) is 17.1. The van der Waals surface area contributed by atoms with E-state index >= 15 is 0 Å². The zero-order valence-corrected chi connectivity index (χ0v) is 13.1. The van der Waals surface area contributed by atoms with E-state index in [0.29, 0.717) is 6.42 Å². The van der Waals surface area contributed by atoms with Crippen LogP contribution in [0, 0.1) is 0 Å². The molecule has 6 nitrogen and oxygen atoms in total. The lowest BCUT2D eigenvalue weighted by Crippen LogP contribution is -2.49. The van der Waals surface area contributed by atoms with Gasteiger partial charge in [0.25, 0.3) is 0 Å². The van der Waals surface area contributed by atoms with Crippen LogP contribution in [0.1, 0.15) is 33.1 Å². The van der Waals surface area contributed by atoms with E-state index in [1.54, 1.807) is 6.08 Å². The van der Waals surface area contributed by atoms with Crippen molar-refractivity contribution in [3.05, 3.63) is 37.0 Å². The third kappa shape index (κ3) is 8.04. The molecule has 1 unspecified atom stereocenters. The van der Waals surface area contributed by atoms with Crippen LogP contribution in [0.2, 0.25) is 0 Å². The van der Waals surface area contributed by atoms with Crippen LogP contribution in [0.4, 0.5) is 0 Å². The summed E-state index contributed by atoms with van der Waals surface area (Å²) in [5.74, 6) is -1.78. The minimum Gasteiger partial charge on any atom is -0.481 e. The first-order valence-electron chi connectivity index (χ1n) is 7.01. The molecular weight excluding hydrogens is 284 g/mol. The maximum absolute atomic E-state index is 12.2. The summed E-state index contributed by atoms with van der Waals surface area (Å²) in [6, 6.07) is -1.33. The summed E-state index contributed by atoms with van der Waals surface area (Å²) < 4.78 is 0. The van der Waals surface area contributed by atoms with Crippen LogP contribution in [0.3, 0.4) is 0 Å². The van der Waals surface area contributed by atoms with Crippen molar-refractivity contribution in [1.82, 2.24) is 10.6 Å². The number of hydrogen-bond donors (Lipinski definition) is 3. The molecule has 0 heterocycles. The van der Waals surface area contributed by atoms with E-state index in [0.717, 1.165) is 5.57 Å². The highest BCUT2D eigenvalue weighted by Crippen LogP contribution is 2.10. The molecule has 0 aliphatic heterocycles. The second-order valence-electron chi connectivity index (χ2n) is 4.85. The lowest BCUT2D eigenvalue weighted by molar-refractivity contribution is -0.138. The molecule has 0 aromatic carbocycles. The first-order chi connectivity index (χ1) is 10.3. The van der Waals surface area contributed by atoms with Crippen molar-refractivity contribution < 1.29 is 19.5 Å². The number of amides is 2. The molecule has 0 rings (SSSR count). The van der Waals surface area contributed by atoms with Gasteiger partial charge in [0.05, 0.1) is 6.42 Å². The number of carbonyl (C=O) groups is 3. The smallest absolute Gasteiger partial charge is 0.305 e. The van der Waals surface area contributed by atoms with Gasteiger partial charge in [-0.05, 0) is 19.8 Å². The van der Waals surface area contributed by atoms with Gasteiger partial charge in [-0.2, -0.15) is 0 Å². The molecule has 0 saturated heterocycles. The molecule has 0 fully saturated rings. The summed E-state index contributed by atoms with van der Waals surface area (Å²) in [4.78, 5) is 34.3. The van der Waals surface area contributed by atoms with Crippen molar-refractivity contribution in [3.8, 4) is 0 Å². The second-order valence-corrected chi connectivity index (χ2v) is 4.85. The number of allylic oxidation sites excluding steroid dienone is 2. The van der Waals surface area contributed by atoms with Crippen LogP contribution >= 0.6 is 0 Å². The van der Waals surface area contributed by atoms with Gasteiger partial charge in [-0.1, -0.05) is 30.4 Å². The molecule has 0 bridgehead atoms. The molecular formula is C16H24N2O4. The molecule has 2 amide bonds. The highest BCUT2D eigenvalue weighted by Gasteiger charge is 2.23. The predicted molar refractivity (Wildman–Crippen MR) is 85.2 cm³/mol. The molecule has 0 saturated carbocycles. The molecule has 0 radical (unpaired) electrons. The van der Waals surface area contributed by atoms with Crippen LogP contribution in [0.25, 0.3) is 0 Å². The van der Waals surface area contributed by atoms with Gasteiger partial charge in [0, 0.05) is 13.0 Å². The molecule has 122 valence electrons. The van der Waals surface area contributed by atoms with Crippen molar-refractivity contribution in [3.63, 3.8) is 0 Å². The van der Waals surface area contributed by atoms with Crippen molar-refractivity contribution in [2.75, 3.05) is 0 Å². The second kappa shape index (κ2) is 10.4. The highest BCUT2D eigenvalue weighted by molar-refractivity contribution is 5.87. The van der Waals surface area contributed by atoms with E-state index in [1.165, 1.54) is 13.0 Å². The standard InChI is InChI=1S/C16H24N2O4/c1-5-8-14(17-11(4)19)16(22)18-13(10-15(20)21)9-12(6-2)7-3/h5-7,13-14H,1-2,8-10H2,3-4H3,(H,17,19)(H,18,22)(H,20,21)/b12-7+/t13-,14?/m0/s1. The Morgan fingerprint density at radius 1 is 1.18 bits per heavy atom. The predicted octanol–water partition coefficient (Wildman–Crippen LogP) is 1.55. The van der Waals surface area contributed by atoms with E-state index in [4.69, 9.17) is 5.11 Å². The Balaban J connectivity index is 4.96. The third-order valence-corrected chi connectivity index (χ3v) is 2.98. The van der Waals surface area contributed by atoms with Gasteiger partial charge >= 0.3 is 5.97 Å². The van der Waals surface area contributed by atoms with E-state index < -0.39 is 24.0 Å². The molecule has 0 aliphatic carbocycles. The van der Waals surface area contributed by atoms with Crippen LogP contribution in [0.15, 0.2) is 37.0 Å². The van der Waals surface area contributed by atoms with Gasteiger partial charge < -0.3 is 15.7 Å². The van der Waals surface area contributed by atoms with Gasteiger partial charge in [-0.3, -0.25) is 14.4 Å². The Kier molecular flexibility index (Phi) is 9.25. The molecule has 22 heavy (non-hydrogen) atoms. The van der Waals surface area contributed by atoms with E-state index in [2.05, 4.69) is 23.8 Å². The molecule has 0 aromatic rings. The van der Waals surface area contributed by atoms with Crippen LogP contribution in [-0.4, -0.2) is 35.0 Å². The maximum Gasteiger partial charge on any atom is 0.305 e. The van der Waals surface area contributed by atoms with Gasteiger partial charge in [-0.15, -0.1) is 6.58 Å². The summed E-state index contributed by atoms with van der Waals surface area (Å²) in [6.45, 7) is 10.3. The summed E-state index contributed by atoms with van der Waals surface area (Å²) in [6.07, 6.45) is 5.37. The summed E-state index contributed by atoms with van der Waals surface area (Å²) in [5.41, 5.74) is 0.839. The minimum atomic E-state index is -1.01. The van der Waals surface area contributed by atoms with E-state index in [1.807, 2.05) is 13.0 Å². The number of nitrogens with one attached hydrogen (secondary N) is 2. The number of hydrogen-bond acceptors (Lipinski definition) is 3. The fourth-order valence-electron chi connectivity index (χ4n) is 1.93. The summed E-state index contributed by atoms with van der Waals surface area (Å²) >= 11 is 0. The average molecular weight is 308 g/mol. The topological polar surface area (TPSA) is 95.5 Å².